The number of halogens is 1. The third kappa shape index (κ3) is 3.94. The first-order chi connectivity index (χ1) is 11.1. The molecule has 3 aromatic rings. The molecule has 0 amide bonds. The number of rotatable bonds is 5. The van der Waals surface area contributed by atoms with Gasteiger partial charge in [0, 0.05) is 15.9 Å². The van der Waals surface area contributed by atoms with Gasteiger partial charge in [-0.2, -0.15) is 5.10 Å². The molecule has 0 spiro atoms. The number of benzene rings is 2. The van der Waals surface area contributed by atoms with Crippen molar-refractivity contribution in [3.05, 3.63) is 74.7 Å². The Morgan fingerprint density at radius 3 is 2.61 bits per heavy atom. The highest BCUT2D eigenvalue weighted by atomic mass is 79.9. The molecule has 0 fully saturated rings. The minimum atomic E-state index is 0.624. The number of hydrogen-bond donors (Lipinski definition) is 1. The summed E-state index contributed by atoms with van der Waals surface area (Å²) >= 11 is 10.7. The zero-order valence-electron chi connectivity index (χ0n) is 12.6. The summed E-state index contributed by atoms with van der Waals surface area (Å²) in [7, 11) is 0. The van der Waals surface area contributed by atoms with Crippen molar-refractivity contribution >= 4 is 39.9 Å². The van der Waals surface area contributed by atoms with E-state index in [4.69, 9.17) is 12.2 Å². The third-order valence-electron chi connectivity index (χ3n) is 3.58. The maximum Gasteiger partial charge on any atom is 0.199 e. The first kappa shape index (κ1) is 16.5. The van der Waals surface area contributed by atoms with E-state index in [0.717, 1.165) is 27.5 Å². The number of hydrogen-bond acceptors (Lipinski definition) is 3. The van der Waals surface area contributed by atoms with Crippen molar-refractivity contribution in [1.29, 1.82) is 0 Å². The van der Waals surface area contributed by atoms with Gasteiger partial charge in [0.05, 0.1) is 5.75 Å². The average molecular weight is 406 g/mol. The van der Waals surface area contributed by atoms with E-state index < -0.39 is 0 Å². The molecule has 0 aliphatic rings. The lowest BCUT2D eigenvalue weighted by molar-refractivity contribution is 0.948. The molecule has 23 heavy (non-hydrogen) atoms. The van der Waals surface area contributed by atoms with E-state index in [2.05, 4.69) is 57.3 Å². The molecule has 3 nitrogen and oxygen atoms in total. The van der Waals surface area contributed by atoms with Gasteiger partial charge < -0.3 is 0 Å². The predicted molar refractivity (Wildman–Crippen MR) is 103 cm³/mol. The fourth-order valence-corrected chi connectivity index (χ4v) is 3.85. The minimum absolute atomic E-state index is 0.624. The van der Waals surface area contributed by atoms with Crippen molar-refractivity contribution in [3.8, 4) is 5.69 Å². The van der Waals surface area contributed by atoms with Crippen molar-refractivity contribution in [1.82, 2.24) is 14.8 Å². The van der Waals surface area contributed by atoms with Crippen LogP contribution in [0.3, 0.4) is 0 Å². The molecule has 3 rings (SSSR count). The van der Waals surface area contributed by atoms with Gasteiger partial charge in [-0.25, -0.2) is 0 Å². The lowest BCUT2D eigenvalue weighted by Gasteiger charge is -2.08. The molecular weight excluding hydrogens is 390 g/mol. The molecule has 0 atom stereocenters. The van der Waals surface area contributed by atoms with Crippen LogP contribution in [-0.2, 0) is 11.5 Å². The Bertz CT molecular complexity index is 853. The molecule has 1 aromatic heterocycles. The van der Waals surface area contributed by atoms with E-state index in [1.54, 1.807) is 0 Å². The van der Waals surface area contributed by atoms with Crippen molar-refractivity contribution in [2.75, 3.05) is 0 Å². The van der Waals surface area contributed by atoms with Gasteiger partial charge in [0.1, 0.15) is 5.82 Å². The molecule has 1 N–H and O–H groups in total. The number of aromatic amines is 1. The number of nitrogens with one attached hydrogen (secondary N) is 1. The largest absolute Gasteiger partial charge is 0.271 e. The normalized spacial score (nSPS) is 10.9. The van der Waals surface area contributed by atoms with Crippen LogP contribution in [0.4, 0.5) is 0 Å². The Morgan fingerprint density at radius 1 is 1.13 bits per heavy atom. The van der Waals surface area contributed by atoms with Gasteiger partial charge in [-0.15, -0.1) is 11.8 Å². The van der Waals surface area contributed by atoms with Gasteiger partial charge in [0.2, 0.25) is 0 Å². The molecule has 118 valence electrons. The quantitative estimate of drug-likeness (QED) is 0.574. The highest BCUT2D eigenvalue weighted by Gasteiger charge is 2.09. The summed E-state index contributed by atoms with van der Waals surface area (Å²) in [5.41, 5.74) is 3.71. The van der Waals surface area contributed by atoms with E-state index in [0.29, 0.717) is 4.77 Å². The number of thioether (sulfide) groups is 1. The number of H-pyrrole nitrogens is 1. The minimum Gasteiger partial charge on any atom is -0.271 e. The van der Waals surface area contributed by atoms with Gasteiger partial charge in [-0.1, -0.05) is 40.2 Å². The molecule has 1 heterocycles. The monoisotopic (exact) mass is 405 g/mol. The molecule has 0 aliphatic carbocycles. The summed E-state index contributed by atoms with van der Waals surface area (Å²) in [4.78, 5) is 0. The van der Waals surface area contributed by atoms with Crippen LogP contribution in [0.1, 0.15) is 17.0 Å². The highest BCUT2D eigenvalue weighted by Crippen LogP contribution is 2.22. The SMILES string of the molecule is Cc1ccccc1CSCc1n[nH]c(=S)n1-c1ccc(Br)cc1. The second kappa shape index (κ2) is 7.47. The van der Waals surface area contributed by atoms with E-state index in [-0.39, 0.29) is 0 Å². The summed E-state index contributed by atoms with van der Waals surface area (Å²) in [6.45, 7) is 2.15. The Balaban J connectivity index is 1.75. The predicted octanol–water partition coefficient (Wildman–Crippen LogP) is 5.43. The Labute approximate surface area is 153 Å². The summed E-state index contributed by atoms with van der Waals surface area (Å²) in [6, 6.07) is 16.6. The molecule has 2 aromatic carbocycles. The van der Waals surface area contributed by atoms with Crippen molar-refractivity contribution in [2.45, 2.75) is 18.4 Å². The van der Waals surface area contributed by atoms with Gasteiger partial charge in [-0.3, -0.25) is 9.67 Å². The third-order valence-corrected chi connectivity index (χ3v) is 5.36. The Kier molecular flexibility index (Phi) is 5.35. The van der Waals surface area contributed by atoms with Crippen molar-refractivity contribution in [2.24, 2.45) is 0 Å². The second-order valence-electron chi connectivity index (χ2n) is 5.18. The van der Waals surface area contributed by atoms with Crippen molar-refractivity contribution < 1.29 is 0 Å². The Morgan fingerprint density at radius 2 is 1.87 bits per heavy atom. The summed E-state index contributed by atoms with van der Waals surface area (Å²) in [6.07, 6.45) is 0. The molecule has 0 saturated carbocycles. The average Bonchev–Trinajstić information content (AvgIpc) is 2.91. The van der Waals surface area contributed by atoms with Gasteiger partial charge in [0.15, 0.2) is 4.77 Å². The molecule has 0 bridgehead atoms. The van der Waals surface area contributed by atoms with Crippen LogP contribution in [0.2, 0.25) is 0 Å². The smallest absolute Gasteiger partial charge is 0.199 e. The Hall–Kier alpha value is -1.37. The molecule has 0 saturated heterocycles. The van der Waals surface area contributed by atoms with Crippen LogP contribution in [0.15, 0.2) is 53.0 Å². The molecule has 0 radical (unpaired) electrons. The summed E-state index contributed by atoms with van der Waals surface area (Å²) in [5.74, 6) is 2.71. The maximum atomic E-state index is 5.38. The first-order valence-corrected chi connectivity index (χ1v) is 9.55. The van der Waals surface area contributed by atoms with Crippen LogP contribution >= 0.6 is 39.9 Å². The van der Waals surface area contributed by atoms with Crippen molar-refractivity contribution in [3.63, 3.8) is 0 Å². The molecule has 0 unspecified atom stereocenters. The summed E-state index contributed by atoms with van der Waals surface area (Å²) < 4.78 is 3.66. The first-order valence-electron chi connectivity index (χ1n) is 7.19. The second-order valence-corrected chi connectivity index (χ2v) is 7.46. The molecule has 6 heteroatoms. The van der Waals surface area contributed by atoms with Crippen LogP contribution in [0, 0.1) is 11.7 Å². The standard InChI is InChI=1S/C17H16BrN3S2/c1-12-4-2-3-5-13(12)10-23-11-16-19-20-17(22)21(16)15-8-6-14(18)7-9-15/h2-9H,10-11H2,1H3,(H,20,22). The fourth-order valence-electron chi connectivity index (χ4n) is 2.31. The van der Waals surface area contributed by atoms with E-state index >= 15 is 0 Å². The highest BCUT2D eigenvalue weighted by molar-refractivity contribution is 9.10. The number of nitrogens with zero attached hydrogens (tertiary/aromatic N) is 2. The van der Waals surface area contributed by atoms with Crippen LogP contribution in [0.5, 0.6) is 0 Å². The number of aromatic nitrogens is 3. The van der Waals surface area contributed by atoms with Gasteiger partial charge in [0.25, 0.3) is 0 Å². The topological polar surface area (TPSA) is 33.6 Å². The zero-order chi connectivity index (χ0) is 16.2. The zero-order valence-corrected chi connectivity index (χ0v) is 15.8. The molecular formula is C17H16BrN3S2. The lowest BCUT2D eigenvalue weighted by atomic mass is 10.1. The van der Waals surface area contributed by atoms with Crippen LogP contribution < -0.4 is 0 Å². The van der Waals surface area contributed by atoms with Crippen LogP contribution in [-0.4, -0.2) is 14.8 Å². The fraction of sp³-hybridized carbons (Fsp3) is 0.176. The van der Waals surface area contributed by atoms with Gasteiger partial charge in [-0.05, 0) is 54.5 Å². The van der Waals surface area contributed by atoms with E-state index in [1.165, 1.54) is 11.1 Å². The summed E-state index contributed by atoms with van der Waals surface area (Å²) in [5, 5.41) is 7.28. The van der Waals surface area contributed by atoms with E-state index in [9.17, 15) is 0 Å². The van der Waals surface area contributed by atoms with Gasteiger partial charge >= 0.3 is 0 Å². The molecule has 0 aliphatic heterocycles. The van der Waals surface area contributed by atoms with E-state index in [1.807, 2.05) is 40.6 Å². The maximum absolute atomic E-state index is 5.38. The lowest BCUT2D eigenvalue weighted by Crippen LogP contribution is -2.00. The number of aryl methyl sites for hydroxylation is 1. The van der Waals surface area contributed by atoms with Crippen LogP contribution in [0.25, 0.3) is 5.69 Å².